The van der Waals surface area contributed by atoms with Crippen molar-refractivity contribution in [3.05, 3.63) is 29.8 Å². The van der Waals surface area contributed by atoms with Crippen LogP contribution >= 0.6 is 0 Å². The van der Waals surface area contributed by atoms with Gasteiger partial charge in [0.1, 0.15) is 0 Å². The summed E-state index contributed by atoms with van der Waals surface area (Å²) in [4.78, 5) is 0.137. The summed E-state index contributed by atoms with van der Waals surface area (Å²) in [7, 11) is -3.79. The summed E-state index contributed by atoms with van der Waals surface area (Å²) in [6.45, 7) is 6.38. The molecule has 0 aliphatic carbocycles. The summed E-state index contributed by atoms with van der Waals surface area (Å²) in [5, 5.41) is 15.3. The molecule has 0 saturated heterocycles. The molecule has 0 amide bonds. The lowest BCUT2D eigenvalue weighted by Gasteiger charge is -2.30. The molecule has 0 bridgehead atoms. The molecule has 0 aromatic heterocycles. The first-order valence-electron chi connectivity index (χ1n) is 8.55. The van der Waals surface area contributed by atoms with Crippen molar-refractivity contribution in [3.8, 4) is 0 Å². The highest BCUT2D eigenvalue weighted by Crippen LogP contribution is 2.36. The lowest BCUT2D eigenvalue weighted by molar-refractivity contribution is 0.184. The van der Waals surface area contributed by atoms with Gasteiger partial charge >= 0.3 is 0 Å². The van der Waals surface area contributed by atoms with Gasteiger partial charge < -0.3 is 5.11 Å². The second-order valence-electron chi connectivity index (χ2n) is 6.63. The lowest BCUT2D eigenvalue weighted by Crippen LogP contribution is -2.25. The third-order valence-corrected chi connectivity index (χ3v) is 5.57. The molecule has 1 aromatic rings. The van der Waals surface area contributed by atoms with E-state index in [1.807, 2.05) is 0 Å². The molecule has 1 rings (SSSR count). The average Bonchev–Trinajstić information content (AvgIpc) is 2.49. The van der Waals surface area contributed by atoms with E-state index >= 15 is 0 Å². The summed E-state index contributed by atoms with van der Waals surface area (Å²) in [6, 6.07) is 6.79. The molecular weight excluding hydrogens is 310 g/mol. The van der Waals surface area contributed by atoms with E-state index in [1.54, 1.807) is 18.2 Å². The van der Waals surface area contributed by atoms with Crippen LogP contribution in [-0.2, 0) is 10.0 Å². The fourth-order valence-electron chi connectivity index (χ4n) is 3.32. The SMILES string of the molecule is CCCCCC[C@@H](C(C)C)[C@H](CO)c1ccccc1S(N)(=O)=O. The molecule has 0 spiro atoms. The van der Waals surface area contributed by atoms with E-state index in [2.05, 4.69) is 20.8 Å². The van der Waals surface area contributed by atoms with Gasteiger partial charge in [-0.3, -0.25) is 0 Å². The molecule has 0 aliphatic rings. The molecule has 0 heterocycles. The van der Waals surface area contributed by atoms with Gasteiger partial charge in [-0.15, -0.1) is 0 Å². The van der Waals surface area contributed by atoms with Gasteiger partial charge in [0.15, 0.2) is 0 Å². The number of aliphatic hydroxyl groups is 1. The minimum absolute atomic E-state index is 0.0663. The third kappa shape index (κ3) is 5.90. The van der Waals surface area contributed by atoms with Crippen LogP contribution in [-0.4, -0.2) is 20.1 Å². The van der Waals surface area contributed by atoms with Gasteiger partial charge in [0.05, 0.1) is 11.5 Å². The normalized spacial score (nSPS) is 14.9. The largest absolute Gasteiger partial charge is 0.396 e. The molecule has 0 unspecified atom stereocenters. The van der Waals surface area contributed by atoms with Crippen LogP contribution in [0.4, 0.5) is 0 Å². The van der Waals surface area contributed by atoms with Crippen molar-refractivity contribution in [1.82, 2.24) is 0 Å². The summed E-state index contributed by atoms with van der Waals surface area (Å²) >= 11 is 0. The standard InChI is InChI=1S/C18H31NO3S/c1-4-5-6-7-10-15(14(2)3)17(13-20)16-11-8-9-12-18(16)23(19,21)22/h8-9,11-12,14-15,17,20H,4-7,10,13H2,1-3H3,(H2,19,21,22)/t15-,17-/m0/s1. The Kier molecular flexibility index (Phi) is 8.23. The predicted octanol–water partition coefficient (Wildman–Crippen LogP) is 3.65. The molecule has 2 atom stereocenters. The van der Waals surface area contributed by atoms with Crippen molar-refractivity contribution in [3.63, 3.8) is 0 Å². The quantitative estimate of drug-likeness (QED) is 0.637. The van der Waals surface area contributed by atoms with Crippen LogP contribution in [0.2, 0.25) is 0 Å². The molecule has 132 valence electrons. The van der Waals surface area contributed by atoms with E-state index < -0.39 is 10.0 Å². The zero-order valence-corrected chi connectivity index (χ0v) is 15.3. The van der Waals surface area contributed by atoms with Crippen molar-refractivity contribution in [2.75, 3.05) is 6.61 Å². The molecule has 23 heavy (non-hydrogen) atoms. The Labute approximate surface area is 141 Å². The Bertz CT molecular complexity index is 569. The van der Waals surface area contributed by atoms with Crippen molar-refractivity contribution >= 4 is 10.0 Å². The number of hydrogen-bond donors (Lipinski definition) is 2. The van der Waals surface area contributed by atoms with Gasteiger partial charge in [-0.25, -0.2) is 13.6 Å². The molecule has 3 N–H and O–H groups in total. The number of benzene rings is 1. The number of hydrogen-bond acceptors (Lipinski definition) is 3. The topological polar surface area (TPSA) is 80.4 Å². The molecule has 5 heteroatoms. The van der Waals surface area contributed by atoms with Crippen LogP contribution in [0, 0.1) is 11.8 Å². The first-order chi connectivity index (χ1) is 10.8. The van der Waals surface area contributed by atoms with Crippen LogP contribution in [0.1, 0.15) is 64.4 Å². The maximum atomic E-state index is 11.9. The lowest BCUT2D eigenvalue weighted by atomic mass is 9.76. The second-order valence-corrected chi connectivity index (χ2v) is 8.16. The van der Waals surface area contributed by atoms with Crippen molar-refractivity contribution in [2.45, 2.75) is 63.7 Å². The van der Waals surface area contributed by atoms with Gasteiger partial charge in [0.25, 0.3) is 0 Å². The number of aliphatic hydroxyl groups excluding tert-OH is 1. The highest BCUT2D eigenvalue weighted by molar-refractivity contribution is 7.89. The summed E-state index contributed by atoms with van der Waals surface area (Å²) in [5.74, 6) is 0.396. The first-order valence-corrected chi connectivity index (χ1v) is 10.1. The number of rotatable bonds is 10. The van der Waals surface area contributed by atoms with Crippen LogP contribution in [0.5, 0.6) is 0 Å². The fourth-order valence-corrected chi connectivity index (χ4v) is 4.13. The van der Waals surface area contributed by atoms with E-state index in [-0.39, 0.29) is 23.3 Å². The predicted molar refractivity (Wildman–Crippen MR) is 94.7 cm³/mol. The van der Waals surface area contributed by atoms with Gasteiger partial charge in [-0.2, -0.15) is 0 Å². The Hall–Kier alpha value is -0.910. The van der Waals surface area contributed by atoms with Gasteiger partial charge in [0, 0.05) is 5.92 Å². The minimum atomic E-state index is -3.79. The van der Waals surface area contributed by atoms with Crippen LogP contribution in [0.25, 0.3) is 0 Å². The number of primary sulfonamides is 1. The zero-order valence-electron chi connectivity index (χ0n) is 14.5. The van der Waals surface area contributed by atoms with Crippen LogP contribution in [0.15, 0.2) is 29.2 Å². The van der Waals surface area contributed by atoms with Crippen LogP contribution < -0.4 is 5.14 Å². The number of unbranched alkanes of at least 4 members (excludes halogenated alkanes) is 3. The highest BCUT2D eigenvalue weighted by Gasteiger charge is 2.29. The fraction of sp³-hybridized carbons (Fsp3) is 0.667. The smallest absolute Gasteiger partial charge is 0.238 e. The van der Waals surface area contributed by atoms with E-state index in [0.717, 1.165) is 12.8 Å². The van der Waals surface area contributed by atoms with Crippen molar-refractivity contribution < 1.29 is 13.5 Å². The van der Waals surface area contributed by atoms with Gasteiger partial charge in [-0.1, -0.05) is 64.7 Å². The molecule has 0 saturated carbocycles. The molecule has 4 nitrogen and oxygen atoms in total. The van der Waals surface area contributed by atoms with Crippen LogP contribution in [0.3, 0.4) is 0 Å². The van der Waals surface area contributed by atoms with Gasteiger partial charge in [-0.05, 0) is 29.9 Å². The first kappa shape index (κ1) is 20.1. The zero-order chi connectivity index (χ0) is 17.5. The Morgan fingerprint density at radius 2 is 1.78 bits per heavy atom. The molecule has 0 aliphatic heterocycles. The summed E-state index contributed by atoms with van der Waals surface area (Å²) < 4.78 is 23.7. The second kappa shape index (κ2) is 9.40. The monoisotopic (exact) mass is 341 g/mol. The maximum Gasteiger partial charge on any atom is 0.238 e. The maximum absolute atomic E-state index is 11.9. The third-order valence-electron chi connectivity index (χ3n) is 4.59. The Morgan fingerprint density at radius 3 is 2.30 bits per heavy atom. The van der Waals surface area contributed by atoms with E-state index in [4.69, 9.17) is 5.14 Å². The van der Waals surface area contributed by atoms with E-state index in [9.17, 15) is 13.5 Å². The van der Waals surface area contributed by atoms with E-state index in [0.29, 0.717) is 11.5 Å². The van der Waals surface area contributed by atoms with E-state index in [1.165, 1.54) is 25.3 Å². The summed E-state index contributed by atoms with van der Waals surface area (Å²) in [5.41, 5.74) is 0.645. The Balaban J connectivity index is 3.09. The average molecular weight is 342 g/mol. The molecule has 0 radical (unpaired) electrons. The van der Waals surface area contributed by atoms with Gasteiger partial charge in [0.2, 0.25) is 10.0 Å². The molecule has 1 aromatic carbocycles. The Morgan fingerprint density at radius 1 is 1.13 bits per heavy atom. The van der Waals surface area contributed by atoms with Crippen molar-refractivity contribution in [1.29, 1.82) is 0 Å². The molecule has 0 fully saturated rings. The summed E-state index contributed by atoms with van der Waals surface area (Å²) in [6.07, 6.45) is 5.66. The molecular formula is C18H31NO3S. The number of sulfonamides is 1. The van der Waals surface area contributed by atoms with Crippen molar-refractivity contribution in [2.24, 2.45) is 17.0 Å². The number of nitrogens with two attached hydrogens (primary N) is 1. The minimum Gasteiger partial charge on any atom is -0.396 e. The highest BCUT2D eigenvalue weighted by atomic mass is 32.2.